The quantitative estimate of drug-likeness (QED) is 0.386. The fraction of sp³-hybridized carbons (Fsp3) is 0.208. The van der Waals surface area contributed by atoms with Crippen LogP contribution in [0.2, 0.25) is 5.02 Å². The van der Waals surface area contributed by atoms with Crippen molar-refractivity contribution in [2.45, 2.75) is 18.9 Å². The Hall–Kier alpha value is -2.37. The zero-order valence-corrected chi connectivity index (χ0v) is 18.0. The van der Waals surface area contributed by atoms with Crippen molar-refractivity contribution in [3.63, 3.8) is 0 Å². The number of carboxylic acids is 1. The van der Waals surface area contributed by atoms with Gasteiger partial charge in [-0.25, -0.2) is 4.79 Å². The summed E-state index contributed by atoms with van der Waals surface area (Å²) in [6.45, 7) is 1.14. The molecule has 0 saturated heterocycles. The van der Waals surface area contributed by atoms with Crippen LogP contribution in [0.5, 0.6) is 0 Å². The van der Waals surface area contributed by atoms with Crippen molar-refractivity contribution in [2.24, 2.45) is 0 Å². The number of aliphatic hydroxyl groups excluding tert-OH is 1. The minimum atomic E-state index is -0.923. The highest BCUT2D eigenvalue weighted by molar-refractivity contribution is 6.30. The second kappa shape index (κ2) is 11.7. The van der Waals surface area contributed by atoms with Crippen LogP contribution in [0.15, 0.2) is 72.8 Å². The SMILES string of the molecule is Cl.O=C(O)c1ccc(-c2ccccc2)c(CCCNC[C@H](O)c2cccc(Cl)c2)c1. The van der Waals surface area contributed by atoms with Gasteiger partial charge in [0.15, 0.2) is 0 Å². The number of carboxylic acid groups (broad SMARTS) is 1. The van der Waals surface area contributed by atoms with Gasteiger partial charge in [0.2, 0.25) is 0 Å². The van der Waals surface area contributed by atoms with Crippen LogP contribution in [0.1, 0.15) is 34.0 Å². The number of rotatable bonds is 9. The van der Waals surface area contributed by atoms with E-state index in [0.717, 1.165) is 35.1 Å². The molecule has 0 heterocycles. The first-order valence-electron chi connectivity index (χ1n) is 9.60. The molecular weight excluding hydrogens is 421 g/mol. The second-order valence-corrected chi connectivity index (χ2v) is 7.36. The lowest BCUT2D eigenvalue weighted by molar-refractivity contribution is 0.0696. The standard InChI is InChI=1S/C24H24ClNO3.ClH/c25-21-10-4-8-19(15-21)23(27)16-26-13-5-9-18-14-20(24(28)29)11-12-22(18)17-6-2-1-3-7-17;/h1-4,6-8,10-12,14-15,23,26-27H,5,9,13,16H2,(H,28,29);1H/t23-;/m0./s1. The summed E-state index contributed by atoms with van der Waals surface area (Å²) >= 11 is 5.97. The molecule has 0 fully saturated rings. The van der Waals surface area contributed by atoms with E-state index in [2.05, 4.69) is 5.32 Å². The number of hydrogen-bond donors (Lipinski definition) is 3. The van der Waals surface area contributed by atoms with Crippen molar-refractivity contribution < 1.29 is 15.0 Å². The van der Waals surface area contributed by atoms with E-state index in [9.17, 15) is 15.0 Å². The molecule has 3 aromatic rings. The van der Waals surface area contributed by atoms with E-state index in [1.165, 1.54) is 0 Å². The molecule has 3 aromatic carbocycles. The summed E-state index contributed by atoms with van der Waals surface area (Å²) in [5, 5.41) is 23.5. The fourth-order valence-corrected chi connectivity index (χ4v) is 3.51. The van der Waals surface area contributed by atoms with Gasteiger partial charge in [0.1, 0.15) is 0 Å². The molecule has 0 saturated carbocycles. The predicted octanol–water partition coefficient (Wildman–Crippen LogP) is 5.38. The molecule has 0 aliphatic carbocycles. The molecule has 0 radical (unpaired) electrons. The summed E-state index contributed by atoms with van der Waals surface area (Å²) in [5.74, 6) is -0.923. The Balaban J connectivity index is 0.00000320. The van der Waals surface area contributed by atoms with E-state index >= 15 is 0 Å². The van der Waals surface area contributed by atoms with Gasteiger partial charge in [-0.05, 0) is 65.9 Å². The van der Waals surface area contributed by atoms with Gasteiger partial charge in [-0.3, -0.25) is 0 Å². The average Bonchev–Trinajstić information content (AvgIpc) is 2.73. The number of aromatic carboxylic acids is 1. The first-order chi connectivity index (χ1) is 14.0. The topological polar surface area (TPSA) is 69.6 Å². The number of carbonyl (C=O) groups is 1. The highest BCUT2D eigenvalue weighted by Crippen LogP contribution is 2.26. The van der Waals surface area contributed by atoms with Crippen molar-refractivity contribution in [1.29, 1.82) is 0 Å². The zero-order chi connectivity index (χ0) is 20.6. The van der Waals surface area contributed by atoms with Crippen LogP contribution < -0.4 is 5.32 Å². The van der Waals surface area contributed by atoms with Crippen LogP contribution in [0.3, 0.4) is 0 Å². The normalized spacial score (nSPS) is 11.5. The number of hydrogen-bond acceptors (Lipinski definition) is 3. The summed E-state index contributed by atoms with van der Waals surface area (Å²) in [6.07, 6.45) is 0.945. The van der Waals surface area contributed by atoms with Gasteiger partial charge in [0, 0.05) is 11.6 Å². The molecule has 0 aliphatic rings. The Labute approximate surface area is 187 Å². The molecule has 0 aliphatic heterocycles. The van der Waals surface area contributed by atoms with Crippen LogP contribution in [0, 0.1) is 0 Å². The Bertz CT molecular complexity index is 964. The van der Waals surface area contributed by atoms with Gasteiger partial charge >= 0.3 is 5.97 Å². The second-order valence-electron chi connectivity index (χ2n) is 6.92. The molecule has 0 spiro atoms. The summed E-state index contributed by atoms with van der Waals surface area (Å²) in [6, 6.07) is 22.5. The zero-order valence-electron chi connectivity index (χ0n) is 16.4. The molecule has 3 rings (SSSR count). The van der Waals surface area contributed by atoms with Gasteiger partial charge in [-0.2, -0.15) is 0 Å². The molecule has 1 atom stereocenters. The lowest BCUT2D eigenvalue weighted by Crippen LogP contribution is -2.23. The van der Waals surface area contributed by atoms with Crippen molar-refractivity contribution in [3.05, 3.63) is 94.5 Å². The molecule has 0 unspecified atom stereocenters. The minimum Gasteiger partial charge on any atom is -0.478 e. The molecular formula is C24H25Cl2NO3. The maximum absolute atomic E-state index is 11.4. The van der Waals surface area contributed by atoms with Gasteiger partial charge in [-0.15, -0.1) is 12.4 Å². The molecule has 6 heteroatoms. The largest absolute Gasteiger partial charge is 0.478 e. The summed E-state index contributed by atoms with van der Waals surface area (Å²) in [4.78, 5) is 11.4. The van der Waals surface area contributed by atoms with E-state index in [1.54, 1.807) is 24.3 Å². The van der Waals surface area contributed by atoms with E-state index in [4.69, 9.17) is 11.6 Å². The first-order valence-corrected chi connectivity index (χ1v) is 9.98. The average molecular weight is 446 g/mol. The summed E-state index contributed by atoms with van der Waals surface area (Å²) < 4.78 is 0. The number of benzene rings is 3. The number of aryl methyl sites for hydroxylation is 1. The van der Waals surface area contributed by atoms with Crippen LogP contribution in [0.4, 0.5) is 0 Å². The van der Waals surface area contributed by atoms with Crippen molar-refractivity contribution in [3.8, 4) is 11.1 Å². The van der Waals surface area contributed by atoms with Crippen LogP contribution in [-0.2, 0) is 6.42 Å². The number of aliphatic hydroxyl groups is 1. The van der Waals surface area contributed by atoms with E-state index < -0.39 is 12.1 Å². The maximum Gasteiger partial charge on any atom is 0.335 e. The molecule has 0 amide bonds. The minimum absolute atomic E-state index is 0. The fourth-order valence-electron chi connectivity index (χ4n) is 3.31. The van der Waals surface area contributed by atoms with E-state index in [0.29, 0.717) is 23.7 Å². The van der Waals surface area contributed by atoms with Crippen LogP contribution in [-0.4, -0.2) is 29.3 Å². The van der Waals surface area contributed by atoms with E-state index in [1.807, 2.05) is 48.5 Å². The maximum atomic E-state index is 11.4. The third kappa shape index (κ3) is 6.57. The van der Waals surface area contributed by atoms with Crippen molar-refractivity contribution >= 4 is 30.0 Å². The van der Waals surface area contributed by atoms with Gasteiger partial charge in [-0.1, -0.05) is 60.1 Å². The molecule has 3 N–H and O–H groups in total. The molecule has 0 aromatic heterocycles. The molecule has 0 bridgehead atoms. The summed E-state index contributed by atoms with van der Waals surface area (Å²) in [7, 11) is 0. The Morgan fingerprint density at radius 2 is 1.77 bits per heavy atom. The number of halogens is 2. The van der Waals surface area contributed by atoms with Crippen LogP contribution >= 0.6 is 24.0 Å². The highest BCUT2D eigenvalue weighted by Gasteiger charge is 2.11. The third-order valence-electron chi connectivity index (χ3n) is 4.81. The van der Waals surface area contributed by atoms with Gasteiger partial charge < -0.3 is 15.5 Å². The summed E-state index contributed by atoms with van der Waals surface area (Å²) in [5.41, 5.74) is 4.21. The van der Waals surface area contributed by atoms with E-state index in [-0.39, 0.29) is 12.4 Å². The van der Waals surface area contributed by atoms with Gasteiger partial charge in [0.05, 0.1) is 11.7 Å². The van der Waals surface area contributed by atoms with Crippen LogP contribution in [0.25, 0.3) is 11.1 Å². The smallest absolute Gasteiger partial charge is 0.335 e. The lowest BCUT2D eigenvalue weighted by Gasteiger charge is -2.14. The highest BCUT2D eigenvalue weighted by atomic mass is 35.5. The van der Waals surface area contributed by atoms with Crippen molar-refractivity contribution in [1.82, 2.24) is 5.32 Å². The predicted molar refractivity (Wildman–Crippen MR) is 124 cm³/mol. The Morgan fingerprint density at radius 1 is 1.00 bits per heavy atom. The first kappa shape index (κ1) is 23.9. The monoisotopic (exact) mass is 445 g/mol. The van der Waals surface area contributed by atoms with Crippen molar-refractivity contribution in [2.75, 3.05) is 13.1 Å². The Kier molecular flexibility index (Phi) is 9.34. The molecule has 30 heavy (non-hydrogen) atoms. The third-order valence-corrected chi connectivity index (χ3v) is 5.04. The lowest BCUT2D eigenvalue weighted by atomic mass is 9.94. The number of nitrogens with one attached hydrogen (secondary N) is 1. The Morgan fingerprint density at radius 3 is 2.47 bits per heavy atom. The van der Waals surface area contributed by atoms with Gasteiger partial charge in [0.25, 0.3) is 0 Å². The molecule has 4 nitrogen and oxygen atoms in total. The molecule has 158 valence electrons.